The Labute approximate surface area is 117 Å². The number of thiophene rings is 2. The van der Waals surface area contributed by atoms with Crippen molar-refractivity contribution >= 4 is 44.5 Å². The molecule has 2 heterocycles. The lowest BCUT2D eigenvalue weighted by molar-refractivity contribution is -0.120. The molecular weight excluding hydrogens is 318 g/mol. The first-order chi connectivity index (χ1) is 8.24. The second-order valence-corrected chi connectivity index (χ2v) is 7.14. The fourth-order valence-electron chi connectivity index (χ4n) is 1.45. The first-order valence-electron chi connectivity index (χ1n) is 5.27. The van der Waals surface area contributed by atoms with Gasteiger partial charge in [-0.2, -0.15) is 0 Å². The van der Waals surface area contributed by atoms with E-state index in [2.05, 4.69) is 27.3 Å². The molecule has 0 aliphatic carbocycles. The highest BCUT2D eigenvalue weighted by atomic mass is 79.9. The average molecular weight is 330 g/mol. The zero-order chi connectivity index (χ0) is 12.1. The van der Waals surface area contributed by atoms with Crippen molar-refractivity contribution in [3.8, 4) is 0 Å². The predicted octanol–water partition coefficient (Wildman–Crippen LogP) is 3.47. The molecule has 0 aromatic carbocycles. The van der Waals surface area contributed by atoms with Crippen LogP contribution in [0.25, 0.3) is 0 Å². The molecule has 0 spiro atoms. The van der Waals surface area contributed by atoms with Gasteiger partial charge in [0.25, 0.3) is 0 Å². The van der Waals surface area contributed by atoms with Crippen LogP contribution in [-0.2, 0) is 17.6 Å². The van der Waals surface area contributed by atoms with Gasteiger partial charge in [0.15, 0.2) is 0 Å². The summed E-state index contributed by atoms with van der Waals surface area (Å²) in [5.74, 6) is 0.100. The molecule has 0 saturated carbocycles. The second kappa shape index (κ2) is 6.33. The molecule has 90 valence electrons. The van der Waals surface area contributed by atoms with E-state index in [0.717, 1.165) is 15.1 Å². The molecule has 0 saturated heterocycles. The number of hydrogen-bond donors (Lipinski definition) is 1. The van der Waals surface area contributed by atoms with E-state index >= 15 is 0 Å². The lowest BCUT2D eigenvalue weighted by atomic mass is 10.3. The maximum absolute atomic E-state index is 11.6. The summed E-state index contributed by atoms with van der Waals surface area (Å²) >= 11 is 6.76. The molecule has 0 fully saturated rings. The van der Waals surface area contributed by atoms with Gasteiger partial charge in [-0.1, -0.05) is 6.07 Å². The van der Waals surface area contributed by atoms with Crippen LogP contribution in [0.2, 0.25) is 0 Å². The van der Waals surface area contributed by atoms with Crippen molar-refractivity contribution in [3.63, 3.8) is 0 Å². The molecule has 2 aromatic heterocycles. The van der Waals surface area contributed by atoms with Crippen molar-refractivity contribution in [1.82, 2.24) is 5.32 Å². The zero-order valence-corrected chi connectivity index (χ0v) is 12.3. The Kier molecular flexibility index (Phi) is 4.76. The number of rotatable bonds is 5. The number of halogens is 1. The van der Waals surface area contributed by atoms with E-state index in [1.165, 1.54) is 4.88 Å². The summed E-state index contributed by atoms with van der Waals surface area (Å²) in [5, 5.41) is 4.93. The molecule has 2 nitrogen and oxygen atoms in total. The van der Waals surface area contributed by atoms with Gasteiger partial charge in [-0.25, -0.2) is 0 Å². The third-order valence-electron chi connectivity index (χ3n) is 2.24. The Morgan fingerprint density at radius 2 is 2.18 bits per heavy atom. The van der Waals surface area contributed by atoms with Crippen LogP contribution in [0.4, 0.5) is 0 Å². The van der Waals surface area contributed by atoms with E-state index in [4.69, 9.17) is 0 Å². The summed E-state index contributed by atoms with van der Waals surface area (Å²) in [6, 6.07) is 8.07. The van der Waals surface area contributed by atoms with Crippen LogP contribution in [0, 0.1) is 0 Å². The third-order valence-corrected chi connectivity index (χ3v) is 4.80. The van der Waals surface area contributed by atoms with Crippen molar-refractivity contribution in [2.24, 2.45) is 0 Å². The summed E-state index contributed by atoms with van der Waals surface area (Å²) < 4.78 is 1.14. The van der Waals surface area contributed by atoms with E-state index in [1.807, 2.05) is 23.6 Å². The number of carbonyl (C=O) groups excluding carboxylic acids is 1. The van der Waals surface area contributed by atoms with Crippen LogP contribution in [0.15, 0.2) is 33.4 Å². The molecule has 2 aromatic rings. The van der Waals surface area contributed by atoms with E-state index < -0.39 is 0 Å². The number of carbonyl (C=O) groups is 1. The summed E-state index contributed by atoms with van der Waals surface area (Å²) in [6.07, 6.45) is 1.39. The van der Waals surface area contributed by atoms with Crippen molar-refractivity contribution in [2.45, 2.75) is 12.8 Å². The minimum absolute atomic E-state index is 0.100. The molecule has 0 bridgehead atoms. The van der Waals surface area contributed by atoms with Crippen LogP contribution in [0.1, 0.15) is 9.75 Å². The molecule has 17 heavy (non-hydrogen) atoms. The number of hydrogen-bond acceptors (Lipinski definition) is 3. The molecule has 0 atom stereocenters. The summed E-state index contributed by atoms with van der Waals surface area (Å²) in [4.78, 5) is 14.0. The van der Waals surface area contributed by atoms with E-state index in [-0.39, 0.29) is 5.91 Å². The first kappa shape index (κ1) is 12.8. The average Bonchev–Trinajstić information content (AvgIpc) is 2.90. The van der Waals surface area contributed by atoms with Gasteiger partial charge in [0.1, 0.15) is 0 Å². The van der Waals surface area contributed by atoms with Crippen LogP contribution >= 0.6 is 38.6 Å². The fraction of sp³-hybridized carbons (Fsp3) is 0.250. The predicted molar refractivity (Wildman–Crippen MR) is 76.8 cm³/mol. The van der Waals surface area contributed by atoms with Crippen LogP contribution in [-0.4, -0.2) is 12.5 Å². The van der Waals surface area contributed by atoms with Gasteiger partial charge in [0.05, 0.1) is 10.2 Å². The summed E-state index contributed by atoms with van der Waals surface area (Å²) in [6.45, 7) is 0.706. The van der Waals surface area contributed by atoms with Crippen molar-refractivity contribution in [2.75, 3.05) is 6.54 Å². The van der Waals surface area contributed by atoms with Gasteiger partial charge in [-0.15, -0.1) is 22.7 Å². The standard InChI is InChI=1S/C12H12BrNOS2/c13-11-4-3-9(17-11)5-6-14-12(15)8-10-2-1-7-16-10/h1-4,7H,5-6,8H2,(H,14,15). The van der Waals surface area contributed by atoms with Gasteiger partial charge in [0.2, 0.25) is 5.91 Å². The van der Waals surface area contributed by atoms with Crippen LogP contribution in [0.5, 0.6) is 0 Å². The Morgan fingerprint density at radius 3 is 2.82 bits per heavy atom. The summed E-state index contributed by atoms with van der Waals surface area (Å²) in [5.41, 5.74) is 0. The number of nitrogens with one attached hydrogen (secondary N) is 1. The molecule has 2 rings (SSSR count). The SMILES string of the molecule is O=C(Cc1cccs1)NCCc1ccc(Br)s1. The van der Waals surface area contributed by atoms with Gasteiger partial charge in [-0.05, 0) is 45.9 Å². The molecule has 0 aliphatic rings. The maximum Gasteiger partial charge on any atom is 0.225 e. The lowest BCUT2D eigenvalue weighted by Gasteiger charge is -2.02. The van der Waals surface area contributed by atoms with E-state index in [9.17, 15) is 4.79 Å². The number of amides is 1. The zero-order valence-electron chi connectivity index (χ0n) is 9.11. The smallest absolute Gasteiger partial charge is 0.225 e. The molecule has 0 aliphatic heterocycles. The van der Waals surface area contributed by atoms with Gasteiger partial charge >= 0.3 is 0 Å². The Bertz CT molecular complexity index is 478. The normalized spacial score (nSPS) is 10.4. The Morgan fingerprint density at radius 1 is 1.29 bits per heavy atom. The Balaban J connectivity index is 1.70. The second-order valence-electron chi connectivity index (χ2n) is 3.56. The fourth-order valence-corrected chi connectivity index (χ4v) is 3.63. The minimum atomic E-state index is 0.100. The van der Waals surface area contributed by atoms with Crippen LogP contribution < -0.4 is 5.32 Å². The summed E-state index contributed by atoms with van der Waals surface area (Å²) in [7, 11) is 0. The maximum atomic E-state index is 11.6. The largest absolute Gasteiger partial charge is 0.355 e. The molecule has 1 amide bonds. The molecule has 0 unspecified atom stereocenters. The molecule has 0 radical (unpaired) electrons. The monoisotopic (exact) mass is 329 g/mol. The van der Waals surface area contributed by atoms with Gasteiger partial charge in [-0.3, -0.25) is 4.79 Å². The highest BCUT2D eigenvalue weighted by molar-refractivity contribution is 9.11. The molecular formula is C12H12BrNOS2. The highest BCUT2D eigenvalue weighted by Gasteiger charge is 2.04. The third kappa shape index (κ3) is 4.26. The lowest BCUT2D eigenvalue weighted by Crippen LogP contribution is -2.26. The van der Waals surface area contributed by atoms with E-state index in [0.29, 0.717) is 13.0 Å². The first-order valence-corrected chi connectivity index (χ1v) is 7.76. The molecule has 5 heteroatoms. The van der Waals surface area contributed by atoms with E-state index in [1.54, 1.807) is 22.7 Å². The van der Waals surface area contributed by atoms with Crippen molar-refractivity contribution < 1.29 is 4.79 Å². The van der Waals surface area contributed by atoms with Crippen LogP contribution in [0.3, 0.4) is 0 Å². The Hall–Kier alpha value is -0.650. The van der Waals surface area contributed by atoms with Gasteiger partial charge < -0.3 is 5.32 Å². The quantitative estimate of drug-likeness (QED) is 0.894. The van der Waals surface area contributed by atoms with Gasteiger partial charge in [0, 0.05) is 16.3 Å². The molecule has 1 N–H and O–H groups in total. The van der Waals surface area contributed by atoms with Crippen molar-refractivity contribution in [1.29, 1.82) is 0 Å². The minimum Gasteiger partial charge on any atom is -0.355 e. The topological polar surface area (TPSA) is 29.1 Å². The van der Waals surface area contributed by atoms with Crippen molar-refractivity contribution in [3.05, 3.63) is 43.2 Å². The highest BCUT2D eigenvalue weighted by Crippen LogP contribution is 2.22.